The molecule has 0 aromatic carbocycles. The van der Waals surface area contributed by atoms with Crippen LogP contribution in [0.1, 0.15) is 49.5 Å². The van der Waals surface area contributed by atoms with Crippen molar-refractivity contribution in [2.75, 3.05) is 29.4 Å². The minimum absolute atomic E-state index is 0.0461. The number of hydrogen-bond acceptors (Lipinski definition) is 7. The molecule has 7 rings (SSSR count). The van der Waals surface area contributed by atoms with Gasteiger partial charge in [-0.1, -0.05) is 0 Å². The van der Waals surface area contributed by atoms with Gasteiger partial charge < -0.3 is 20.2 Å². The molecule has 5 fully saturated rings. The number of carbonyl (C=O) groups excluding carboxylic acids is 1. The van der Waals surface area contributed by atoms with Crippen LogP contribution in [0.5, 0.6) is 0 Å². The van der Waals surface area contributed by atoms with Crippen molar-refractivity contribution in [1.82, 2.24) is 20.3 Å². The van der Waals surface area contributed by atoms with Crippen LogP contribution in [0, 0.1) is 23.6 Å². The molecule has 2 N–H and O–H groups in total. The quantitative estimate of drug-likeness (QED) is 0.715. The Morgan fingerprint density at radius 1 is 1.18 bits per heavy atom. The van der Waals surface area contributed by atoms with E-state index in [4.69, 9.17) is 0 Å². The van der Waals surface area contributed by atoms with Crippen molar-refractivity contribution >= 4 is 17.5 Å². The number of hydrogen-bond donors (Lipinski definition) is 2. The Bertz CT molecular complexity index is 1080. The Morgan fingerprint density at radius 2 is 1.97 bits per heavy atom. The third-order valence-corrected chi connectivity index (χ3v) is 8.39. The topological polar surface area (TPSA) is 94.5 Å². The van der Waals surface area contributed by atoms with Gasteiger partial charge in [-0.05, 0) is 68.9 Å². The molecule has 9 heteroatoms. The smallest absolute Gasteiger partial charge is 0.270 e. The fourth-order valence-electron chi connectivity index (χ4n) is 7.15. The second kappa shape index (κ2) is 8.15. The predicted molar refractivity (Wildman–Crippen MR) is 125 cm³/mol. The summed E-state index contributed by atoms with van der Waals surface area (Å²) in [5, 5.41) is 14.1. The van der Waals surface area contributed by atoms with Crippen molar-refractivity contribution in [2.24, 2.45) is 17.8 Å². The normalized spacial score (nSPS) is 34.4. The van der Waals surface area contributed by atoms with E-state index in [-0.39, 0.29) is 23.8 Å². The maximum absolute atomic E-state index is 14.2. The molecule has 2 aromatic rings. The Labute approximate surface area is 198 Å². The molecule has 1 saturated heterocycles. The van der Waals surface area contributed by atoms with Gasteiger partial charge in [-0.3, -0.25) is 9.78 Å². The first-order valence-electron chi connectivity index (χ1n) is 12.4. The summed E-state index contributed by atoms with van der Waals surface area (Å²) in [6, 6.07) is 3.52. The largest absolute Gasteiger partial charge is 0.390 e. The van der Waals surface area contributed by atoms with Gasteiger partial charge in [0.15, 0.2) is 5.82 Å². The summed E-state index contributed by atoms with van der Waals surface area (Å²) in [6.07, 6.45) is 9.18. The predicted octanol–water partition coefficient (Wildman–Crippen LogP) is 2.40. The van der Waals surface area contributed by atoms with Crippen LogP contribution in [0.4, 0.5) is 16.0 Å². The van der Waals surface area contributed by atoms with Gasteiger partial charge in [0.05, 0.1) is 17.5 Å². The molecule has 180 valence electrons. The molecule has 8 nitrogen and oxygen atoms in total. The van der Waals surface area contributed by atoms with E-state index >= 15 is 0 Å². The molecule has 0 spiro atoms. The summed E-state index contributed by atoms with van der Waals surface area (Å²) in [5.41, 5.74) is 0.403. The van der Waals surface area contributed by atoms with Crippen LogP contribution in [0.2, 0.25) is 0 Å². The van der Waals surface area contributed by atoms with Gasteiger partial charge in [0.1, 0.15) is 5.69 Å². The summed E-state index contributed by atoms with van der Waals surface area (Å²) >= 11 is 0. The molecule has 5 aliphatic rings. The average molecular weight is 467 g/mol. The Balaban J connectivity index is 1.14. The van der Waals surface area contributed by atoms with Gasteiger partial charge in [0.25, 0.3) is 5.91 Å². The SMILES string of the molecule is C[C@@H]1CN(c2ccncc2F)CCN1c1nccc(C(=O)N[C@H]2C3CC4CC2C[C@](O)(C4)C3)n1. The fourth-order valence-corrected chi connectivity index (χ4v) is 7.15. The summed E-state index contributed by atoms with van der Waals surface area (Å²) in [4.78, 5) is 30.1. The minimum Gasteiger partial charge on any atom is -0.390 e. The van der Waals surface area contributed by atoms with Crippen molar-refractivity contribution in [3.05, 3.63) is 42.2 Å². The van der Waals surface area contributed by atoms with E-state index in [1.54, 1.807) is 24.5 Å². The maximum Gasteiger partial charge on any atom is 0.270 e. The van der Waals surface area contributed by atoms with Gasteiger partial charge in [-0.2, -0.15) is 0 Å². The fraction of sp³-hybridized carbons (Fsp3) is 0.600. The van der Waals surface area contributed by atoms with Crippen LogP contribution in [0.25, 0.3) is 0 Å². The van der Waals surface area contributed by atoms with Crippen LogP contribution >= 0.6 is 0 Å². The molecular formula is C25H31FN6O2. The van der Waals surface area contributed by atoms with Crippen LogP contribution in [0.3, 0.4) is 0 Å². The molecule has 1 aliphatic heterocycles. The van der Waals surface area contributed by atoms with Crippen molar-refractivity contribution in [1.29, 1.82) is 0 Å². The zero-order chi connectivity index (χ0) is 23.4. The molecule has 4 bridgehead atoms. The Hall–Kier alpha value is -2.81. The van der Waals surface area contributed by atoms with Crippen molar-refractivity contribution in [3.8, 4) is 0 Å². The number of piperazine rings is 1. The number of aliphatic hydroxyl groups is 1. The summed E-state index contributed by atoms with van der Waals surface area (Å²) in [7, 11) is 0. The monoisotopic (exact) mass is 466 g/mol. The number of carbonyl (C=O) groups is 1. The second-order valence-corrected chi connectivity index (χ2v) is 10.8. The van der Waals surface area contributed by atoms with E-state index in [1.807, 2.05) is 4.90 Å². The van der Waals surface area contributed by atoms with E-state index in [9.17, 15) is 14.3 Å². The summed E-state index contributed by atoms with van der Waals surface area (Å²) < 4.78 is 14.2. The number of amides is 1. The molecule has 2 unspecified atom stereocenters. The second-order valence-electron chi connectivity index (χ2n) is 10.8. The first-order valence-corrected chi connectivity index (χ1v) is 12.4. The number of anilines is 2. The Kier molecular flexibility index (Phi) is 5.20. The number of nitrogens with zero attached hydrogens (tertiary/aromatic N) is 5. The first-order chi connectivity index (χ1) is 16.4. The highest BCUT2D eigenvalue weighted by Crippen LogP contribution is 2.55. The number of rotatable bonds is 4. The van der Waals surface area contributed by atoms with Gasteiger partial charge >= 0.3 is 0 Å². The molecular weight excluding hydrogens is 435 g/mol. The zero-order valence-electron chi connectivity index (χ0n) is 19.4. The standard InChI is InChI=1S/C25H31FN6O2/c1-15-14-31(21-3-4-27-13-19(21)26)6-7-32(15)24-28-5-2-20(29-24)23(33)30-22-17-8-16-9-18(22)12-25(34,10-16)11-17/h2-5,13,15-18,22,34H,6-12,14H2,1H3,(H,30,33)/t15-,16?,17?,18?,22-,25-/m1/s1. The summed E-state index contributed by atoms with van der Waals surface area (Å²) in [6.45, 7) is 3.93. The first kappa shape index (κ1) is 21.7. The van der Waals surface area contributed by atoms with Crippen LogP contribution < -0.4 is 15.1 Å². The lowest BCUT2D eigenvalue weighted by Gasteiger charge is -2.58. The van der Waals surface area contributed by atoms with E-state index in [0.717, 1.165) is 32.1 Å². The Morgan fingerprint density at radius 3 is 2.68 bits per heavy atom. The van der Waals surface area contributed by atoms with Crippen LogP contribution in [-0.2, 0) is 0 Å². The number of nitrogens with one attached hydrogen (secondary N) is 1. The highest BCUT2D eigenvalue weighted by atomic mass is 19.1. The summed E-state index contributed by atoms with van der Waals surface area (Å²) in [5.74, 6) is 1.33. The number of pyridine rings is 1. The number of aromatic nitrogens is 3. The molecule has 3 heterocycles. The minimum atomic E-state index is -0.517. The van der Waals surface area contributed by atoms with E-state index in [2.05, 4.69) is 32.1 Å². The molecule has 34 heavy (non-hydrogen) atoms. The molecule has 4 aliphatic carbocycles. The van der Waals surface area contributed by atoms with Gasteiger partial charge in [0.2, 0.25) is 5.95 Å². The van der Waals surface area contributed by atoms with Crippen molar-refractivity contribution in [3.63, 3.8) is 0 Å². The van der Waals surface area contributed by atoms with Crippen LogP contribution in [-0.4, -0.2) is 63.3 Å². The molecule has 0 radical (unpaired) electrons. The van der Waals surface area contributed by atoms with Crippen molar-refractivity contribution < 1.29 is 14.3 Å². The van der Waals surface area contributed by atoms with Crippen molar-refractivity contribution in [2.45, 2.75) is 56.7 Å². The lowest BCUT2D eigenvalue weighted by molar-refractivity contribution is -0.136. The molecule has 4 saturated carbocycles. The highest BCUT2D eigenvalue weighted by molar-refractivity contribution is 5.92. The van der Waals surface area contributed by atoms with E-state index < -0.39 is 5.60 Å². The molecule has 1 amide bonds. The lowest BCUT2D eigenvalue weighted by atomic mass is 9.52. The van der Waals surface area contributed by atoms with Gasteiger partial charge in [0, 0.05) is 44.1 Å². The zero-order valence-corrected chi connectivity index (χ0v) is 19.4. The number of halogens is 1. The van der Waals surface area contributed by atoms with Crippen LogP contribution in [0.15, 0.2) is 30.7 Å². The third-order valence-electron chi connectivity index (χ3n) is 8.39. The average Bonchev–Trinajstić information content (AvgIpc) is 2.80. The highest BCUT2D eigenvalue weighted by Gasteiger charge is 2.55. The molecule has 2 aromatic heterocycles. The molecule has 3 atom stereocenters. The van der Waals surface area contributed by atoms with E-state index in [0.29, 0.717) is 54.7 Å². The van der Waals surface area contributed by atoms with Gasteiger partial charge in [-0.25, -0.2) is 14.4 Å². The third kappa shape index (κ3) is 3.79. The maximum atomic E-state index is 14.2. The van der Waals surface area contributed by atoms with Gasteiger partial charge in [-0.15, -0.1) is 0 Å². The van der Waals surface area contributed by atoms with E-state index in [1.165, 1.54) is 6.20 Å². The lowest BCUT2D eigenvalue weighted by Crippen LogP contribution is -2.61.